The van der Waals surface area contributed by atoms with Crippen molar-refractivity contribution in [3.8, 4) is 11.5 Å². The van der Waals surface area contributed by atoms with Gasteiger partial charge >= 0.3 is 0 Å². The monoisotopic (exact) mass is 424 g/mol. The van der Waals surface area contributed by atoms with Gasteiger partial charge in [0.05, 0.1) is 25.8 Å². The number of ether oxygens (including phenoxy) is 2. The van der Waals surface area contributed by atoms with E-state index in [4.69, 9.17) is 9.47 Å². The molecular formula is C24H28N2O5. The van der Waals surface area contributed by atoms with Crippen molar-refractivity contribution in [3.63, 3.8) is 0 Å². The first-order valence-corrected chi connectivity index (χ1v) is 10.1. The largest absolute Gasteiger partial charge is 0.507 e. The van der Waals surface area contributed by atoms with Crippen LogP contribution in [0.1, 0.15) is 23.6 Å². The number of carbonyl (C=O) groups excluding carboxylic acids is 2. The molecule has 1 saturated heterocycles. The van der Waals surface area contributed by atoms with Gasteiger partial charge in [-0.2, -0.15) is 0 Å². The smallest absolute Gasteiger partial charge is 0.295 e. The number of rotatable bonds is 8. The van der Waals surface area contributed by atoms with Crippen LogP contribution in [0.2, 0.25) is 0 Å². The highest BCUT2D eigenvalue weighted by Gasteiger charge is 2.47. The van der Waals surface area contributed by atoms with Crippen LogP contribution in [-0.4, -0.2) is 68.0 Å². The maximum absolute atomic E-state index is 13.1. The Bertz CT molecular complexity index is 985. The molecule has 0 saturated carbocycles. The fourth-order valence-electron chi connectivity index (χ4n) is 3.87. The second-order valence-corrected chi connectivity index (χ2v) is 7.60. The fourth-order valence-corrected chi connectivity index (χ4v) is 3.87. The van der Waals surface area contributed by atoms with Gasteiger partial charge in [0.1, 0.15) is 5.76 Å². The summed E-state index contributed by atoms with van der Waals surface area (Å²) in [6, 6.07) is 13.3. The van der Waals surface area contributed by atoms with E-state index in [0.29, 0.717) is 35.6 Å². The summed E-state index contributed by atoms with van der Waals surface area (Å²) < 4.78 is 11.0. The Labute approximate surface area is 182 Å². The first-order valence-electron chi connectivity index (χ1n) is 10.1. The number of Topliss-reactive ketones (excluding diaryl/α,β-unsaturated/α-hetero) is 1. The van der Waals surface area contributed by atoms with Crippen LogP contribution in [0.4, 0.5) is 0 Å². The molecular weight excluding hydrogens is 396 g/mol. The molecule has 1 atom stereocenters. The van der Waals surface area contributed by atoms with Gasteiger partial charge in [-0.3, -0.25) is 9.59 Å². The SMILES string of the molecule is COc1cccc([C@@H]2/C(=C(\O)c3ccccc3)C(=O)C(=O)N2CCCN(C)C)c1OC. The van der Waals surface area contributed by atoms with Crippen molar-refractivity contribution >= 4 is 17.4 Å². The number of hydrogen-bond donors (Lipinski definition) is 1. The van der Waals surface area contributed by atoms with E-state index < -0.39 is 17.7 Å². The number of aliphatic hydroxyl groups is 1. The maximum Gasteiger partial charge on any atom is 0.295 e. The third-order valence-electron chi connectivity index (χ3n) is 5.32. The quantitative estimate of drug-likeness (QED) is 0.399. The molecule has 1 N–H and O–H groups in total. The van der Waals surface area contributed by atoms with E-state index >= 15 is 0 Å². The van der Waals surface area contributed by atoms with Crippen LogP contribution in [-0.2, 0) is 9.59 Å². The predicted molar refractivity (Wildman–Crippen MR) is 118 cm³/mol. The number of likely N-dealkylation sites (tertiary alicyclic amines) is 1. The highest BCUT2D eigenvalue weighted by atomic mass is 16.5. The molecule has 1 heterocycles. The second kappa shape index (κ2) is 9.66. The van der Waals surface area contributed by atoms with Crippen LogP contribution < -0.4 is 9.47 Å². The minimum Gasteiger partial charge on any atom is -0.507 e. The average molecular weight is 424 g/mol. The third kappa shape index (κ3) is 4.41. The minimum absolute atomic E-state index is 0.0487. The van der Waals surface area contributed by atoms with Gasteiger partial charge in [-0.05, 0) is 33.1 Å². The molecule has 0 spiro atoms. The first kappa shape index (κ1) is 22.4. The van der Waals surface area contributed by atoms with Gasteiger partial charge in [0.15, 0.2) is 11.5 Å². The van der Waals surface area contributed by atoms with E-state index in [1.54, 1.807) is 42.5 Å². The molecule has 0 radical (unpaired) electrons. The number of carbonyl (C=O) groups is 2. The summed E-state index contributed by atoms with van der Waals surface area (Å²) >= 11 is 0. The normalized spacial score (nSPS) is 18.0. The lowest BCUT2D eigenvalue weighted by atomic mass is 9.94. The van der Waals surface area contributed by atoms with Crippen LogP contribution >= 0.6 is 0 Å². The van der Waals surface area contributed by atoms with Gasteiger partial charge in [-0.1, -0.05) is 42.5 Å². The molecule has 0 aromatic heterocycles. The lowest BCUT2D eigenvalue weighted by Gasteiger charge is -2.27. The van der Waals surface area contributed by atoms with E-state index in [0.717, 1.165) is 6.54 Å². The Balaban J connectivity index is 2.18. The number of ketones is 1. The number of aliphatic hydroxyl groups excluding tert-OH is 1. The summed E-state index contributed by atoms with van der Waals surface area (Å²) in [7, 11) is 6.94. The highest BCUT2D eigenvalue weighted by Crippen LogP contribution is 2.45. The average Bonchev–Trinajstić information content (AvgIpc) is 3.03. The Hall–Kier alpha value is -3.32. The molecule has 1 aliphatic heterocycles. The number of hydrogen-bond acceptors (Lipinski definition) is 6. The van der Waals surface area contributed by atoms with Crippen LogP contribution in [0.25, 0.3) is 5.76 Å². The predicted octanol–water partition coefficient (Wildman–Crippen LogP) is 3.08. The highest BCUT2D eigenvalue weighted by molar-refractivity contribution is 6.46. The van der Waals surface area contributed by atoms with E-state index in [1.807, 2.05) is 25.1 Å². The zero-order chi connectivity index (χ0) is 22.5. The molecule has 1 aliphatic rings. The van der Waals surface area contributed by atoms with Crippen molar-refractivity contribution in [3.05, 3.63) is 65.2 Å². The molecule has 2 aromatic rings. The molecule has 0 bridgehead atoms. The molecule has 1 amide bonds. The number of nitrogens with zero attached hydrogens (tertiary/aromatic N) is 2. The first-order chi connectivity index (χ1) is 14.9. The third-order valence-corrected chi connectivity index (χ3v) is 5.32. The van der Waals surface area contributed by atoms with E-state index in [-0.39, 0.29) is 11.3 Å². The summed E-state index contributed by atoms with van der Waals surface area (Å²) in [4.78, 5) is 29.6. The number of para-hydroxylation sites is 1. The van der Waals surface area contributed by atoms with E-state index in [1.165, 1.54) is 19.1 Å². The summed E-state index contributed by atoms with van der Waals surface area (Å²) in [6.45, 7) is 1.11. The van der Waals surface area contributed by atoms with E-state index in [9.17, 15) is 14.7 Å². The molecule has 0 unspecified atom stereocenters. The maximum atomic E-state index is 13.1. The van der Waals surface area contributed by atoms with Crippen molar-refractivity contribution in [1.29, 1.82) is 0 Å². The minimum atomic E-state index is -0.785. The molecule has 7 heteroatoms. The van der Waals surface area contributed by atoms with Gasteiger partial charge in [-0.25, -0.2) is 0 Å². The molecule has 1 fully saturated rings. The Morgan fingerprint density at radius 3 is 2.35 bits per heavy atom. The van der Waals surface area contributed by atoms with Gasteiger partial charge in [0, 0.05) is 17.7 Å². The Morgan fingerprint density at radius 1 is 1.03 bits per heavy atom. The molecule has 0 aliphatic carbocycles. The molecule has 164 valence electrons. The molecule has 31 heavy (non-hydrogen) atoms. The number of benzene rings is 2. The number of methoxy groups -OCH3 is 2. The van der Waals surface area contributed by atoms with Gasteiger partial charge in [0.25, 0.3) is 11.7 Å². The molecule has 3 rings (SSSR count). The van der Waals surface area contributed by atoms with Crippen LogP contribution in [0, 0.1) is 0 Å². The van der Waals surface area contributed by atoms with E-state index in [2.05, 4.69) is 0 Å². The zero-order valence-electron chi connectivity index (χ0n) is 18.3. The van der Waals surface area contributed by atoms with Gasteiger partial charge in [-0.15, -0.1) is 0 Å². The van der Waals surface area contributed by atoms with Gasteiger partial charge < -0.3 is 24.4 Å². The Kier molecular flexibility index (Phi) is 6.97. The molecule has 7 nitrogen and oxygen atoms in total. The van der Waals surface area contributed by atoms with Crippen molar-refractivity contribution in [2.24, 2.45) is 0 Å². The summed E-state index contributed by atoms with van der Waals surface area (Å²) in [5, 5.41) is 11.1. The lowest BCUT2D eigenvalue weighted by molar-refractivity contribution is -0.140. The van der Waals surface area contributed by atoms with Crippen LogP contribution in [0.15, 0.2) is 54.1 Å². The standard InChI is InChI=1S/C24H28N2O5/c1-25(2)14-9-15-26-20(17-12-8-13-18(30-3)23(17)31-4)19(22(28)24(26)29)21(27)16-10-6-5-7-11-16/h5-8,10-13,20,27H,9,14-15H2,1-4H3/b21-19+/t20-/m1/s1. The topological polar surface area (TPSA) is 79.3 Å². The number of amides is 1. The van der Waals surface area contributed by atoms with Gasteiger partial charge in [0.2, 0.25) is 0 Å². The van der Waals surface area contributed by atoms with Crippen molar-refractivity contribution in [2.45, 2.75) is 12.5 Å². The van der Waals surface area contributed by atoms with Crippen LogP contribution in [0.5, 0.6) is 11.5 Å². The summed E-state index contributed by atoms with van der Waals surface area (Å²) in [6.07, 6.45) is 0.675. The van der Waals surface area contributed by atoms with Crippen molar-refractivity contribution in [1.82, 2.24) is 9.80 Å². The summed E-state index contributed by atoms with van der Waals surface area (Å²) in [5.41, 5.74) is 1.11. The van der Waals surface area contributed by atoms with Crippen LogP contribution in [0.3, 0.4) is 0 Å². The zero-order valence-corrected chi connectivity index (χ0v) is 18.3. The lowest BCUT2D eigenvalue weighted by Crippen LogP contribution is -2.32. The Morgan fingerprint density at radius 2 is 1.74 bits per heavy atom. The molecule has 2 aromatic carbocycles. The summed E-state index contributed by atoms with van der Waals surface area (Å²) in [5.74, 6) is -0.636. The fraction of sp³-hybridized carbons (Fsp3) is 0.333. The van der Waals surface area contributed by atoms with Crippen molar-refractivity contribution in [2.75, 3.05) is 41.4 Å². The van der Waals surface area contributed by atoms with Crippen molar-refractivity contribution < 1.29 is 24.2 Å². The second-order valence-electron chi connectivity index (χ2n) is 7.60.